The number of nitrogens with zero attached hydrogens (tertiary/aromatic N) is 5. The summed E-state index contributed by atoms with van der Waals surface area (Å²) in [5.41, 5.74) is 4.27. The summed E-state index contributed by atoms with van der Waals surface area (Å²) < 4.78 is 1.82. The monoisotopic (exact) mass is 307 g/mol. The van der Waals surface area contributed by atoms with Crippen LogP contribution in [0.5, 0.6) is 0 Å². The van der Waals surface area contributed by atoms with Crippen molar-refractivity contribution in [1.82, 2.24) is 24.6 Å². The molecule has 0 aliphatic heterocycles. The Kier molecular flexibility index (Phi) is 4.48. The summed E-state index contributed by atoms with van der Waals surface area (Å²) >= 11 is 0. The van der Waals surface area contributed by atoms with Gasteiger partial charge in [-0.25, -0.2) is 9.97 Å². The molecule has 0 aliphatic rings. The van der Waals surface area contributed by atoms with Gasteiger partial charge in [0.2, 0.25) is 0 Å². The van der Waals surface area contributed by atoms with E-state index >= 15 is 0 Å². The van der Waals surface area contributed by atoms with Crippen LogP contribution in [0.15, 0.2) is 48.8 Å². The van der Waals surface area contributed by atoms with Crippen molar-refractivity contribution in [3.8, 4) is 11.3 Å². The van der Waals surface area contributed by atoms with Crippen LogP contribution in [0.2, 0.25) is 0 Å². The Labute approximate surface area is 136 Å². The number of hydrogen-bond acceptors (Lipinski definition) is 4. The number of aryl methyl sites for hydroxylation is 2. The lowest BCUT2D eigenvalue weighted by molar-refractivity contribution is 0.310. The molecule has 0 saturated heterocycles. The quantitative estimate of drug-likeness (QED) is 0.727. The maximum Gasteiger partial charge on any atom is 0.143 e. The summed E-state index contributed by atoms with van der Waals surface area (Å²) in [5.74, 6) is 0.843. The zero-order chi connectivity index (χ0) is 16.2. The largest absolute Gasteiger partial charge is 0.295 e. The van der Waals surface area contributed by atoms with E-state index in [1.165, 1.54) is 5.56 Å². The van der Waals surface area contributed by atoms with Crippen molar-refractivity contribution in [2.45, 2.75) is 20.0 Å². The van der Waals surface area contributed by atoms with Crippen molar-refractivity contribution in [3.05, 3.63) is 65.9 Å². The zero-order valence-corrected chi connectivity index (χ0v) is 13.8. The molecule has 0 saturated carbocycles. The molecular formula is C18H21N5. The van der Waals surface area contributed by atoms with Gasteiger partial charge in [0.15, 0.2) is 0 Å². The van der Waals surface area contributed by atoms with Gasteiger partial charge in [-0.2, -0.15) is 5.10 Å². The lowest BCUT2D eigenvalue weighted by Gasteiger charge is -2.15. The highest BCUT2D eigenvalue weighted by Crippen LogP contribution is 2.17. The molecule has 118 valence electrons. The fraction of sp³-hybridized carbons (Fsp3) is 0.278. The Morgan fingerprint density at radius 3 is 2.57 bits per heavy atom. The molecule has 0 aliphatic carbocycles. The van der Waals surface area contributed by atoms with Crippen LogP contribution in [-0.4, -0.2) is 31.7 Å². The third-order valence-electron chi connectivity index (χ3n) is 3.59. The van der Waals surface area contributed by atoms with Crippen LogP contribution in [0.3, 0.4) is 0 Å². The van der Waals surface area contributed by atoms with E-state index in [-0.39, 0.29) is 0 Å². The third-order valence-corrected chi connectivity index (χ3v) is 3.59. The van der Waals surface area contributed by atoms with E-state index in [1.807, 2.05) is 55.3 Å². The summed E-state index contributed by atoms with van der Waals surface area (Å²) in [4.78, 5) is 11.5. The Morgan fingerprint density at radius 2 is 1.87 bits per heavy atom. The third kappa shape index (κ3) is 4.02. The number of hydrogen-bond donors (Lipinski definition) is 0. The molecule has 0 spiro atoms. The molecule has 0 atom stereocenters. The second-order valence-electron chi connectivity index (χ2n) is 5.87. The Morgan fingerprint density at radius 1 is 1.09 bits per heavy atom. The minimum atomic E-state index is 0.705. The van der Waals surface area contributed by atoms with Crippen molar-refractivity contribution < 1.29 is 0 Å². The van der Waals surface area contributed by atoms with Crippen LogP contribution in [0, 0.1) is 6.92 Å². The van der Waals surface area contributed by atoms with Crippen molar-refractivity contribution in [2.75, 3.05) is 7.05 Å². The van der Waals surface area contributed by atoms with Gasteiger partial charge in [0.1, 0.15) is 5.82 Å². The Balaban J connectivity index is 1.76. The van der Waals surface area contributed by atoms with Gasteiger partial charge in [-0.05, 0) is 20.0 Å². The van der Waals surface area contributed by atoms with Crippen molar-refractivity contribution in [1.29, 1.82) is 0 Å². The van der Waals surface area contributed by atoms with Gasteiger partial charge in [0.05, 0.1) is 18.4 Å². The molecule has 5 nitrogen and oxygen atoms in total. The Hall–Kier alpha value is -2.53. The molecule has 2 heterocycles. The summed E-state index contributed by atoms with van der Waals surface area (Å²) in [6, 6.07) is 12.2. The lowest BCUT2D eigenvalue weighted by Crippen LogP contribution is -2.19. The van der Waals surface area contributed by atoms with Crippen molar-refractivity contribution in [2.24, 2.45) is 7.05 Å². The van der Waals surface area contributed by atoms with E-state index < -0.39 is 0 Å². The molecule has 23 heavy (non-hydrogen) atoms. The topological polar surface area (TPSA) is 46.8 Å². The van der Waals surface area contributed by atoms with Gasteiger partial charge in [0, 0.05) is 36.6 Å². The van der Waals surface area contributed by atoms with E-state index in [0.717, 1.165) is 29.3 Å². The van der Waals surface area contributed by atoms with Crippen molar-refractivity contribution in [3.63, 3.8) is 0 Å². The smallest absolute Gasteiger partial charge is 0.143 e. The summed E-state index contributed by atoms with van der Waals surface area (Å²) in [5, 5.41) is 4.20. The summed E-state index contributed by atoms with van der Waals surface area (Å²) in [6.07, 6.45) is 3.92. The standard InChI is InChI=1S/C18H21N5/c1-14-9-17(16-7-5-4-6-8-16)21-18(20-14)13-22(2)11-15-10-19-23(3)12-15/h4-10,12H,11,13H2,1-3H3. The summed E-state index contributed by atoms with van der Waals surface area (Å²) in [6.45, 7) is 3.54. The number of benzene rings is 1. The second kappa shape index (κ2) is 6.71. The van der Waals surface area contributed by atoms with Crippen molar-refractivity contribution >= 4 is 0 Å². The minimum absolute atomic E-state index is 0.705. The van der Waals surface area contributed by atoms with Crippen LogP contribution in [-0.2, 0) is 20.1 Å². The number of aromatic nitrogens is 4. The molecule has 2 aromatic heterocycles. The maximum absolute atomic E-state index is 4.72. The fourth-order valence-corrected chi connectivity index (χ4v) is 2.62. The predicted octanol–water partition coefficient (Wildman–Crippen LogP) is 2.82. The molecule has 0 fully saturated rings. The second-order valence-corrected chi connectivity index (χ2v) is 5.87. The van der Waals surface area contributed by atoms with Crippen LogP contribution in [0.1, 0.15) is 17.1 Å². The van der Waals surface area contributed by atoms with E-state index in [4.69, 9.17) is 4.98 Å². The van der Waals surface area contributed by atoms with Crippen LogP contribution in [0.25, 0.3) is 11.3 Å². The molecule has 1 aromatic carbocycles. The molecule has 0 amide bonds. The maximum atomic E-state index is 4.72. The molecule has 0 unspecified atom stereocenters. The lowest BCUT2D eigenvalue weighted by atomic mass is 10.1. The van der Waals surface area contributed by atoms with Crippen LogP contribution < -0.4 is 0 Å². The first-order valence-corrected chi connectivity index (χ1v) is 7.66. The van der Waals surface area contributed by atoms with Gasteiger partial charge < -0.3 is 0 Å². The highest BCUT2D eigenvalue weighted by Gasteiger charge is 2.08. The first-order valence-electron chi connectivity index (χ1n) is 7.66. The first kappa shape index (κ1) is 15.4. The molecule has 3 rings (SSSR count). The average Bonchev–Trinajstić information content (AvgIpc) is 2.92. The van der Waals surface area contributed by atoms with Crippen LogP contribution >= 0.6 is 0 Å². The molecule has 0 N–H and O–H groups in total. The minimum Gasteiger partial charge on any atom is -0.295 e. The molecule has 3 aromatic rings. The highest BCUT2D eigenvalue weighted by atomic mass is 15.2. The Bertz CT molecular complexity index is 779. The number of rotatable bonds is 5. The van der Waals surface area contributed by atoms with E-state index in [9.17, 15) is 0 Å². The van der Waals surface area contributed by atoms with Gasteiger partial charge >= 0.3 is 0 Å². The van der Waals surface area contributed by atoms with Gasteiger partial charge in [-0.15, -0.1) is 0 Å². The molecule has 0 radical (unpaired) electrons. The van der Waals surface area contributed by atoms with Gasteiger partial charge in [-0.1, -0.05) is 30.3 Å². The highest BCUT2D eigenvalue weighted by molar-refractivity contribution is 5.58. The van der Waals surface area contributed by atoms with E-state index in [1.54, 1.807) is 0 Å². The summed E-state index contributed by atoms with van der Waals surface area (Å²) in [7, 11) is 4.00. The SMILES string of the molecule is Cc1cc(-c2ccccc2)nc(CN(C)Cc2cnn(C)c2)n1. The molecule has 5 heteroatoms. The molecular weight excluding hydrogens is 286 g/mol. The van der Waals surface area contributed by atoms with Gasteiger partial charge in [0.25, 0.3) is 0 Å². The normalized spacial score (nSPS) is 11.1. The first-order chi connectivity index (χ1) is 11.1. The van der Waals surface area contributed by atoms with Crippen LogP contribution in [0.4, 0.5) is 0 Å². The predicted molar refractivity (Wildman–Crippen MR) is 90.6 cm³/mol. The molecule has 0 bridgehead atoms. The average molecular weight is 307 g/mol. The zero-order valence-electron chi connectivity index (χ0n) is 13.8. The fourth-order valence-electron chi connectivity index (χ4n) is 2.62. The van der Waals surface area contributed by atoms with E-state index in [2.05, 4.69) is 34.2 Å². The van der Waals surface area contributed by atoms with Gasteiger partial charge in [-0.3, -0.25) is 9.58 Å². The van der Waals surface area contributed by atoms with E-state index in [0.29, 0.717) is 6.54 Å².